The number of thiazole rings is 1. The molecule has 1 aromatic heterocycles. The molecule has 1 aliphatic heterocycles. The second-order valence-corrected chi connectivity index (χ2v) is 5.66. The third-order valence-electron chi connectivity index (χ3n) is 3.38. The van der Waals surface area contributed by atoms with Crippen LogP contribution in [0, 0.1) is 5.92 Å². The molecule has 18 heavy (non-hydrogen) atoms. The van der Waals surface area contributed by atoms with Gasteiger partial charge in [0.15, 0.2) is 5.13 Å². The van der Waals surface area contributed by atoms with E-state index < -0.39 is 0 Å². The minimum absolute atomic E-state index is 0.0363. The molecule has 1 fully saturated rings. The van der Waals surface area contributed by atoms with Crippen LogP contribution in [0.5, 0.6) is 0 Å². The van der Waals surface area contributed by atoms with E-state index in [1.165, 1.54) is 4.70 Å². The number of amides is 1. The van der Waals surface area contributed by atoms with E-state index in [0.29, 0.717) is 6.54 Å². The molecule has 2 N–H and O–H groups in total. The highest BCUT2D eigenvalue weighted by Crippen LogP contribution is 2.31. The third-order valence-corrected chi connectivity index (χ3v) is 4.47. The summed E-state index contributed by atoms with van der Waals surface area (Å²) in [7, 11) is 0. The molecule has 0 saturated carbocycles. The molecular formula is C13H15N3OS. The molecule has 0 aliphatic carbocycles. The number of benzene rings is 1. The van der Waals surface area contributed by atoms with Crippen LogP contribution in [0.2, 0.25) is 0 Å². The monoisotopic (exact) mass is 261 g/mol. The largest absolute Gasteiger partial charge is 0.369 e. The van der Waals surface area contributed by atoms with E-state index in [0.717, 1.165) is 30.0 Å². The molecule has 1 atom stereocenters. The van der Waals surface area contributed by atoms with Gasteiger partial charge in [0.2, 0.25) is 5.91 Å². The summed E-state index contributed by atoms with van der Waals surface area (Å²) in [6, 6.07) is 8.11. The average molecular weight is 261 g/mol. The zero-order chi connectivity index (χ0) is 12.5. The van der Waals surface area contributed by atoms with Gasteiger partial charge in [0.25, 0.3) is 0 Å². The van der Waals surface area contributed by atoms with Crippen LogP contribution in [0.4, 0.5) is 5.13 Å². The second-order valence-electron chi connectivity index (χ2n) is 4.65. The average Bonchev–Trinajstić information content (AvgIpc) is 2.82. The van der Waals surface area contributed by atoms with Crippen molar-refractivity contribution in [2.75, 3.05) is 18.0 Å². The second kappa shape index (κ2) is 4.57. The van der Waals surface area contributed by atoms with Gasteiger partial charge < -0.3 is 10.6 Å². The highest BCUT2D eigenvalue weighted by Gasteiger charge is 2.25. The molecule has 1 aliphatic rings. The third kappa shape index (κ3) is 2.06. The van der Waals surface area contributed by atoms with Crippen LogP contribution < -0.4 is 10.6 Å². The maximum Gasteiger partial charge on any atom is 0.222 e. The molecule has 4 nitrogen and oxygen atoms in total. The minimum atomic E-state index is -0.194. The Balaban J connectivity index is 1.87. The van der Waals surface area contributed by atoms with Gasteiger partial charge in [-0.05, 0) is 25.0 Å². The fraction of sp³-hybridized carbons (Fsp3) is 0.385. The van der Waals surface area contributed by atoms with E-state index in [-0.39, 0.29) is 11.8 Å². The predicted molar refractivity (Wildman–Crippen MR) is 73.8 cm³/mol. The number of hydrogen-bond donors (Lipinski definition) is 1. The van der Waals surface area contributed by atoms with Crippen molar-refractivity contribution >= 4 is 32.6 Å². The number of hydrogen-bond acceptors (Lipinski definition) is 4. The zero-order valence-corrected chi connectivity index (χ0v) is 10.8. The molecule has 1 amide bonds. The number of aromatic nitrogens is 1. The molecule has 0 bridgehead atoms. The van der Waals surface area contributed by atoms with E-state index in [1.807, 2.05) is 18.2 Å². The summed E-state index contributed by atoms with van der Waals surface area (Å²) < 4.78 is 1.19. The van der Waals surface area contributed by atoms with Crippen molar-refractivity contribution in [3.05, 3.63) is 24.3 Å². The first-order chi connectivity index (χ1) is 8.74. The van der Waals surface area contributed by atoms with Crippen LogP contribution in [0.25, 0.3) is 10.2 Å². The fourth-order valence-corrected chi connectivity index (χ4v) is 3.38. The Morgan fingerprint density at radius 3 is 3.06 bits per heavy atom. The van der Waals surface area contributed by atoms with E-state index in [1.54, 1.807) is 11.3 Å². The maximum absolute atomic E-state index is 11.3. The van der Waals surface area contributed by atoms with Gasteiger partial charge in [-0.2, -0.15) is 0 Å². The number of primary amides is 1. The van der Waals surface area contributed by atoms with Crippen molar-refractivity contribution in [2.45, 2.75) is 12.8 Å². The molecule has 0 radical (unpaired) electrons. The Labute approximate surface area is 109 Å². The smallest absolute Gasteiger partial charge is 0.222 e. The topological polar surface area (TPSA) is 59.2 Å². The first kappa shape index (κ1) is 11.5. The summed E-state index contributed by atoms with van der Waals surface area (Å²) in [5, 5.41) is 1.00. The molecule has 1 aromatic carbocycles. The molecule has 1 saturated heterocycles. The number of piperidine rings is 1. The van der Waals surface area contributed by atoms with Crippen molar-refractivity contribution in [3.63, 3.8) is 0 Å². The number of anilines is 1. The molecule has 3 rings (SSSR count). The Bertz CT molecular complexity index is 547. The van der Waals surface area contributed by atoms with Gasteiger partial charge in [0.1, 0.15) is 0 Å². The van der Waals surface area contributed by atoms with Gasteiger partial charge in [0, 0.05) is 13.1 Å². The van der Waals surface area contributed by atoms with E-state index >= 15 is 0 Å². The summed E-state index contributed by atoms with van der Waals surface area (Å²) in [6.45, 7) is 1.67. The molecule has 0 unspecified atom stereocenters. The van der Waals surface area contributed by atoms with Crippen LogP contribution in [-0.2, 0) is 4.79 Å². The summed E-state index contributed by atoms with van der Waals surface area (Å²) >= 11 is 1.68. The van der Waals surface area contributed by atoms with Crippen LogP contribution in [0.1, 0.15) is 12.8 Å². The van der Waals surface area contributed by atoms with Gasteiger partial charge >= 0.3 is 0 Å². The SMILES string of the molecule is NC(=O)[C@@H]1CCCN(c2nc3ccccc3s2)C1. The van der Waals surface area contributed by atoms with Gasteiger partial charge in [-0.25, -0.2) is 4.98 Å². The lowest BCUT2D eigenvalue weighted by atomic mass is 9.98. The van der Waals surface area contributed by atoms with Gasteiger partial charge in [-0.15, -0.1) is 0 Å². The van der Waals surface area contributed by atoms with Gasteiger partial charge in [0.05, 0.1) is 16.1 Å². The number of carbonyl (C=O) groups is 1. The number of fused-ring (bicyclic) bond motifs is 1. The van der Waals surface area contributed by atoms with Crippen molar-refractivity contribution in [1.82, 2.24) is 4.98 Å². The zero-order valence-electron chi connectivity index (χ0n) is 10.0. The van der Waals surface area contributed by atoms with Gasteiger partial charge in [-0.1, -0.05) is 23.5 Å². The highest BCUT2D eigenvalue weighted by molar-refractivity contribution is 7.22. The Hall–Kier alpha value is -1.62. The Kier molecular flexibility index (Phi) is 2.91. The molecule has 94 valence electrons. The normalized spacial score (nSPS) is 20.2. The predicted octanol–water partition coefficient (Wildman–Crippen LogP) is 2.00. The summed E-state index contributed by atoms with van der Waals surface area (Å²) in [5.74, 6) is -0.230. The molecule has 2 heterocycles. The standard InChI is InChI=1S/C13H15N3OS/c14-12(17)9-4-3-7-16(8-9)13-15-10-5-1-2-6-11(10)18-13/h1-2,5-6,9H,3-4,7-8H2,(H2,14,17)/t9-/m1/s1. The lowest BCUT2D eigenvalue weighted by Gasteiger charge is -2.30. The van der Waals surface area contributed by atoms with Crippen molar-refractivity contribution < 1.29 is 4.79 Å². The van der Waals surface area contributed by atoms with Gasteiger partial charge in [-0.3, -0.25) is 4.79 Å². The Morgan fingerprint density at radius 1 is 1.44 bits per heavy atom. The quantitative estimate of drug-likeness (QED) is 0.899. The number of nitrogens with two attached hydrogens (primary N) is 1. The summed E-state index contributed by atoms with van der Waals surface area (Å²) in [4.78, 5) is 18.1. The maximum atomic E-state index is 11.3. The van der Waals surface area contributed by atoms with E-state index in [9.17, 15) is 4.79 Å². The lowest BCUT2D eigenvalue weighted by Crippen LogP contribution is -2.41. The van der Waals surface area contributed by atoms with Crippen molar-refractivity contribution in [3.8, 4) is 0 Å². The summed E-state index contributed by atoms with van der Waals surface area (Å²) in [6.07, 6.45) is 1.90. The number of para-hydroxylation sites is 1. The summed E-state index contributed by atoms with van der Waals surface area (Å²) in [5.41, 5.74) is 6.43. The first-order valence-electron chi connectivity index (χ1n) is 6.14. The van der Waals surface area contributed by atoms with Crippen molar-refractivity contribution in [2.24, 2.45) is 11.7 Å². The molecule has 2 aromatic rings. The van der Waals surface area contributed by atoms with E-state index in [2.05, 4.69) is 16.0 Å². The van der Waals surface area contributed by atoms with Crippen LogP contribution in [-0.4, -0.2) is 24.0 Å². The van der Waals surface area contributed by atoms with E-state index in [4.69, 9.17) is 5.73 Å². The van der Waals surface area contributed by atoms with Crippen molar-refractivity contribution in [1.29, 1.82) is 0 Å². The minimum Gasteiger partial charge on any atom is -0.369 e. The lowest BCUT2D eigenvalue weighted by molar-refractivity contribution is -0.122. The number of carbonyl (C=O) groups excluding carboxylic acids is 1. The molecular weight excluding hydrogens is 246 g/mol. The van der Waals surface area contributed by atoms with Crippen LogP contribution >= 0.6 is 11.3 Å². The number of nitrogens with zero attached hydrogens (tertiary/aromatic N) is 2. The fourth-order valence-electron chi connectivity index (χ4n) is 2.38. The molecule has 5 heteroatoms. The Morgan fingerprint density at radius 2 is 2.28 bits per heavy atom. The number of rotatable bonds is 2. The van der Waals surface area contributed by atoms with Crippen LogP contribution in [0.3, 0.4) is 0 Å². The highest BCUT2D eigenvalue weighted by atomic mass is 32.1. The molecule has 0 spiro atoms. The first-order valence-corrected chi connectivity index (χ1v) is 6.95. The van der Waals surface area contributed by atoms with Crippen LogP contribution in [0.15, 0.2) is 24.3 Å².